The molecule has 7 heteroatoms. The SMILES string of the molecule is COc1ccc(CNC(=O)c2cccc(SCc3ccccc3NC(=O)C3CCCC3)c2)c(OC)c1. The molecule has 1 aliphatic carbocycles. The number of hydrogen-bond acceptors (Lipinski definition) is 5. The van der Waals surface area contributed by atoms with Crippen LogP contribution in [0.4, 0.5) is 5.69 Å². The van der Waals surface area contributed by atoms with Crippen molar-refractivity contribution in [1.82, 2.24) is 5.32 Å². The van der Waals surface area contributed by atoms with Gasteiger partial charge in [0.25, 0.3) is 5.91 Å². The second kappa shape index (κ2) is 12.5. The smallest absolute Gasteiger partial charge is 0.251 e. The van der Waals surface area contributed by atoms with Crippen LogP contribution in [0.3, 0.4) is 0 Å². The van der Waals surface area contributed by atoms with Crippen molar-refractivity contribution in [2.75, 3.05) is 19.5 Å². The molecule has 36 heavy (non-hydrogen) atoms. The summed E-state index contributed by atoms with van der Waals surface area (Å²) in [4.78, 5) is 26.4. The predicted molar refractivity (Wildman–Crippen MR) is 144 cm³/mol. The fourth-order valence-electron chi connectivity index (χ4n) is 4.35. The molecule has 1 fully saturated rings. The Morgan fingerprint density at radius 1 is 0.917 bits per heavy atom. The summed E-state index contributed by atoms with van der Waals surface area (Å²) in [5.41, 5.74) is 3.39. The summed E-state index contributed by atoms with van der Waals surface area (Å²) in [6, 6.07) is 21.0. The molecule has 2 N–H and O–H groups in total. The lowest BCUT2D eigenvalue weighted by Crippen LogP contribution is -2.23. The third-order valence-electron chi connectivity index (χ3n) is 6.43. The first-order chi connectivity index (χ1) is 17.6. The molecule has 0 atom stereocenters. The number of carbonyl (C=O) groups is 2. The largest absolute Gasteiger partial charge is 0.497 e. The Kier molecular flexibility index (Phi) is 8.90. The van der Waals surface area contributed by atoms with Gasteiger partial charge >= 0.3 is 0 Å². The number of methoxy groups -OCH3 is 2. The van der Waals surface area contributed by atoms with Crippen molar-refractivity contribution in [3.05, 3.63) is 83.4 Å². The summed E-state index contributed by atoms with van der Waals surface area (Å²) in [5.74, 6) is 2.15. The molecule has 0 spiro atoms. The maximum absolute atomic E-state index is 12.8. The number of hydrogen-bond donors (Lipinski definition) is 2. The molecule has 3 aromatic rings. The van der Waals surface area contributed by atoms with Crippen LogP contribution in [0.2, 0.25) is 0 Å². The number of anilines is 1. The van der Waals surface area contributed by atoms with Gasteiger partial charge in [-0.1, -0.05) is 37.1 Å². The lowest BCUT2D eigenvalue weighted by atomic mass is 10.1. The Balaban J connectivity index is 1.36. The van der Waals surface area contributed by atoms with E-state index in [1.54, 1.807) is 38.1 Å². The fraction of sp³-hybridized carbons (Fsp3) is 0.310. The highest BCUT2D eigenvalue weighted by atomic mass is 32.2. The lowest BCUT2D eigenvalue weighted by Gasteiger charge is -2.14. The fourth-order valence-corrected chi connectivity index (χ4v) is 5.31. The molecular weight excluding hydrogens is 472 g/mol. The van der Waals surface area contributed by atoms with Gasteiger partial charge in [-0.05, 0) is 54.8 Å². The van der Waals surface area contributed by atoms with Gasteiger partial charge in [0.05, 0.1) is 14.2 Å². The molecule has 188 valence electrons. The van der Waals surface area contributed by atoms with Crippen molar-refractivity contribution in [3.63, 3.8) is 0 Å². The van der Waals surface area contributed by atoms with Crippen LogP contribution in [0, 0.1) is 5.92 Å². The van der Waals surface area contributed by atoms with Crippen LogP contribution in [-0.4, -0.2) is 26.0 Å². The lowest BCUT2D eigenvalue weighted by molar-refractivity contribution is -0.119. The van der Waals surface area contributed by atoms with E-state index in [0.29, 0.717) is 29.4 Å². The van der Waals surface area contributed by atoms with Gasteiger partial charge in [-0.25, -0.2) is 0 Å². The van der Waals surface area contributed by atoms with Crippen molar-refractivity contribution >= 4 is 29.3 Å². The number of benzene rings is 3. The molecule has 4 rings (SSSR count). The van der Waals surface area contributed by atoms with E-state index in [1.165, 1.54) is 0 Å². The Morgan fingerprint density at radius 3 is 2.50 bits per heavy atom. The summed E-state index contributed by atoms with van der Waals surface area (Å²) in [6.07, 6.45) is 4.21. The highest BCUT2D eigenvalue weighted by Gasteiger charge is 2.23. The third-order valence-corrected chi connectivity index (χ3v) is 7.47. The molecule has 0 unspecified atom stereocenters. The third kappa shape index (κ3) is 6.61. The van der Waals surface area contributed by atoms with Crippen LogP contribution in [0.25, 0.3) is 0 Å². The van der Waals surface area contributed by atoms with E-state index in [1.807, 2.05) is 54.6 Å². The van der Waals surface area contributed by atoms with Gasteiger partial charge in [0.15, 0.2) is 0 Å². The number of rotatable bonds is 10. The molecular formula is C29H32N2O4S. The zero-order valence-corrected chi connectivity index (χ0v) is 21.5. The minimum absolute atomic E-state index is 0.122. The van der Waals surface area contributed by atoms with Gasteiger partial charge in [-0.3, -0.25) is 9.59 Å². The number of para-hydroxylation sites is 1. The number of carbonyl (C=O) groups excluding carboxylic acids is 2. The Labute approximate surface area is 216 Å². The average Bonchev–Trinajstić information content (AvgIpc) is 3.47. The van der Waals surface area contributed by atoms with E-state index >= 15 is 0 Å². The zero-order valence-electron chi connectivity index (χ0n) is 20.7. The first-order valence-corrected chi connectivity index (χ1v) is 13.2. The molecule has 0 bridgehead atoms. The van der Waals surface area contributed by atoms with Crippen LogP contribution in [0.5, 0.6) is 11.5 Å². The van der Waals surface area contributed by atoms with E-state index < -0.39 is 0 Å². The van der Waals surface area contributed by atoms with Crippen molar-refractivity contribution in [3.8, 4) is 11.5 Å². The molecule has 3 aromatic carbocycles. The molecule has 0 radical (unpaired) electrons. The van der Waals surface area contributed by atoms with Gasteiger partial charge in [0.2, 0.25) is 5.91 Å². The highest BCUT2D eigenvalue weighted by Crippen LogP contribution is 2.30. The molecule has 0 saturated heterocycles. The molecule has 6 nitrogen and oxygen atoms in total. The topological polar surface area (TPSA) is 76.7 Å². The minimum atomic E-state index is -0.153. The maximum Gasteiger partial charge on any atom is 0.251 e. The van der Waals surface area contributed by atoms with Crippen molar-refractivity contribution in [2.45, 2.75) is 42.9 Å². The van der Waals surface area contributed by atoms with Crippen LogP contribution in [0.1, 0.15) is 47.2 Å². The van der Waals surface area contributed by atoms with E-state index in [-0.39, 0.29) is 17.7 Å². The number of amides is 2. The zero-order chi connectivity index (χ0) is 25.3. The second-order valence-electron chi connectivity index (χ2n) is 8.80. The Bertz CT molecular complexity index is 1210. The number of thioether (sulfide) groups is 1. The number of nitrogens with one attached hydrogen (secondary N) is 2. The van der Waals surface area contributed by atoms with Crippen molar-refractivity contribution in [1.29, 1.82) is 0 Å². The minimum Gasteiger partial charge on any atom is -0.497 e. The van der Waals surface area contributed by atoms with Crippen LogP contribution in [0.15, 0.2) is 71.6 Å². The highest BCUT2D eigenvalue weighted by molar-refractivity contribution is 7.98. The summed E-state index contributed by atoms with van der Waals surface area (Å²) in [5, 5.41) is 6.10. The van der Waals surface area contributed by atoms with Crippen LogP contribution in [-0.2, 0) is 17.1 Å². The molecule has 2 amide bonds. The van der Waals surface area contributed by atoms with E-state index in [9.17, 15) is 9.59 Å². The van der Waals surface area contributed by atoms with E-state index in [0.717, 1.165) is 47.4 Å². The van der Waals surface area contributed by atoms with Gasteiger partial charge in [-0.15, -0.1) is 11.8 Å². The van der Waals surface area contributed by atoms with Gasteiger partial charge in [0, 0.05) is 46.0 Å². The van der Waals surface area contributed by atoms with E-state index in [4.69, 9.17) is 9.47 Å². The summed E-state index contributed by atoms with van der Waals surface area (Å²) >= 11 is 1.64. The van der Waals surface area contributed by atoms with Crippen LogP contribution < -0.4 is 20.1 Å². The quantitative estimate of drug-likeness (QED) is 0.329. The van der Waals surface area contributed by atoms with Gasteiger partial charge in [-0.2, -0.15) is 0 Å². The second-order valence-corrected chi connectivity index (χ2v) is 9.85. The normalized spacial score (nSPS) is 13.3. The average molecular weight is 505 g/mol. The summed E-state index contributed by atoms with van der Waals surface area (Å²) in [7, 11) is 3.20. The number of ether oxygens (including phenoxy) is 2. The maximum atomic E-state index is 12.8. The van der Waals surface area contributed by atoms with Gasteiger partial charge in [0.1, 0.15) is 11.5 Å². The Hall–Kier alpha value is -3.45. The van der Waals surface area contributed by atoms with Crippen molar-refractivity contribution in [2.24, 2.45) is 5.92 Å². The summed E-state index contributed by atoms with van der Waals surface area (Å²) < 4.78 is 10.7. The van der Waals surface area contributed by atoms with Crippen molar-refractivity contribution < 1.29 is 19.1 Å². The first-order valence-electron chi connectivity index (χ1n) is 12.2. The van der Waals surface area contributed by atoms with Crippen LogP contribution >= 0.6 is 11.8 Å². The predicted octanol–water partition coefficient (Wildman–Crippen LogP) is 6.05. The molecule has 0 heterocycles. The van der Waals surface area contributed by atoms with Gasteiger partial charge < -0.3 is 20.1 Å². The molecule has 0 aliphatic heterocycles. The first kappa shape index (κ1) is 25.6. The molecule has 1 aliphatic rings. The summed E-state index contributed by atoms with van der Waals surface area (Å²) in [6.45, 7) is 0.345. The molecule has 0 aromatic heterocycles. The monoisotopic (exact) mass is 504 g/mol. The standard InChI is InChI=1S/C29H32N2O4S/c1-34-24-15-14-22(27(17-24)35-2)18-30-28(32)21-11-7-12-25(16-21)36-19-23-10-5-6-13-26(23)31-29(33)20-8-3-4-9-20/h5-7,10-17,20H,3-4,8-9,18-19H2,1-2H3,(H,30,32)(H,31,33). The Morgan fingerprint density at radius 2 is 1.72 bits per heavy atom. The van der Waals surface area contributed by atoms with E-state index in [2.05, 4.69) is 10.6 Å². The molecule has 1 saturated carbocycles.